The minimum absolute atomic E-state index is 0.224. The molecule has 17 heavy (non-hydrogen) atoms. The molecular formula is C10H8F3N3O. The van der Waals surface area contributed by atoms with Crippen LogP contribution in [0.25, 0.3) is 5.69 Å². The van der Waals surface area contributed by atoms with Crippen LogP contribution in [-0.4, -0.2) is 14.3 Å². The first-order valence-corrected chi connectivity index (χ1v) is 4.68. The van der Waals surface area contributed by atoms with E-state index >= 15 is 0 Å². The van der Waals surface area contributed by atoms with Crippen molar-refractivity contribution in [3.63, 3.8) is 0 Å². The molecule has 4 nitrogen and oxygen atoms in total. The molecule has 0 spiro atoms. The van der Waals surface area contributed by atoms with Gasteiger partial charge in [-0.3, -0.25) is 0 Å². The third-order valence-corrected chi connectivity index (χ3v) is 2.29. The zero-order chi connectivity index (χ0) is 12.6. The number of benzene rings is 1. The van der Waals surface area contributed by atoms with E-state index in [0.717, 1.165) is 21.6 Å². The SMILES string of the molecule is Cn1ncn(-c2ccccc2C(F)(F)F)c1=O. The summed E-state index contributed by atoms with van der Waals surface area (Å²) in [4.78, 5) is 11.5. The van der Waals surface area contributed by atoms with Gasteiger partial charge in [-0.1, -0.05) is 12.1 Å². The smallest absolute Gasteiger partial charge is 0.249 e. The highest BCUT2D eigenvalue weighted by Gasteiger charge is 2.34. The van der Waals surface area contributed by atoms with E-state index in [4.69, 9.17) is 0 Å². The van der Waals surface area contributed by atoms with Crippen LogP contribution in [-0.2, 0) is 13.2 Å². The quantitative estimate of drug-likeness (QED) is 0.763. The van der Waals surface area contributed by atoms with Crippen LogP contribution in [0.3, 0.4) is 0 Å². The van der Waals surface area contributed by atoms with Gasteiger partial charge in [-0.05, 0) is 12.1 Å². The van der Waals surface area contributed by atoms with Crippen molar-refractivity contribution in [2.45, 2.75) is 6.18 Å². The molecule has 1 aromatic carbocycles. The Hall–Kier alpha value is -2.05. The van der Waals surface area contributed by atoms with E-state index in [1.165, 1.54) is 25.2 Å². The lowest BCUT2D eigenvalue weighted by Gasteiger charge is -2.11. The average molecular weight is 243 g/mol. The number of aromatic nitrogens is 3. The van der Waals surface area contributed by atoms with E-state index in [0.29, 0.717) is 0 Å². The summed E-state index contributed by atoms with van der Waals surface area (Å²) >= 11 is 0. The number of rotatable bonds is 1. The molecule has 0 unspecified atom stereocenters. The van der Waals surface area contributed by atoms with Crippen LogP contribution in [0.2, 0.25) is 0 Å². The fourth-order valence-corrected chi connectivity index (χ4v) is 1.47. The van der Waals surface area contributed by atoms with Crippen molar-refractivity contribution in [1.29, 1.82) is 0 Å². The van der Waals surface area contributed by atoms with Crippen molar-refractivity contribution < 1.29 is 13.2 Å². The summed E-state index contributed by atoms with van der Waals surface area (Å²) in [5.74, 6) is 0. The van der Waals surface area contributed by atoms with Gasteiger partial charge in [0.1, 0.15) is 6.33 Å². The molecule has 0 atom stereocenters. The molecule has 0 aliphatic carbocycles. The molecule has 2 aromatic rings. The number of alkyl halides is 3. The monoisotopic (exact) mass is 243 g/mol. The number of halogens is 3. The zero-order valence-corrected chi connectivity index (χ0v) is 8.77. The van der Waals surface area contributed by atoms with Crippen LogP contribution >= 0.6 is 0 Å². The number of aryl methyl sites for hydroxylation is 1. The topological polar surface area (TPSA) is 39.8 Å². The van der Waals surface area contributed by atoms with E-state index < -0.39 is 17.4 Å². The van der Waals surface area contributed by atoms with Crippen molar-refractivity contribution in [3.8, 4) is 5.69 Å². The average Bonchev–Trinajstić information content (AvgIpc) is 2.59. The predicted octanol–water partition coefficient (Wildman–Crippen LogP) is 1.59. The van der Waals surface area contributed by atoms with Gasteiger partial charge in [-0.25, -0.2) is 14.0 Å². The Morgan fingerprint density at radius 3 is 2.41 bits per heavy atom. The Morgan fingerprint density at radius 2 is 1.88 bits per heavy atom. The Bertz CT molecular complexity index is 597. The maximum atomic E-state index is 12.7. The molecule has 0 aliphatic heterocycles. The summed E-state index contributed by atoms with van der Waals surface area (Å²) in [6.45, 7) is 0. The van der Waals surface area contributed by atoms with Gasteiger partial charge in [0.2, 0.25) is 0 Å². The molecule has 0 bridgehead atoms. The van der Waals surface area contributed by atoms with Crippen LogP contribution in [0.15, 0.2) is 35.4 Å². The van der Waals surface area contributed by atoms with Crippen molar-refractivity contribution in [1.82, 2.24) is 14.3 Å². The summed E-state index contributed by atoms with van der Waals surface area (Å²) in [5.41, 5.74) is -1.71. The van der Waals surface area contributed by atoms with E-state index in [2.05, 4.69) is 5.10 Å². The number of hydrogen-bond donors (Lipinski definition) is 0. The van der Waals surface area contributed by atoms with Crippen LogP contribution in [0.5, 0.6) is 0 Å². The first-order valence-electron chi connectivity index (χ1n) is 4.68. The second kappa shape index (κ2) is 3.76. The van der Waals surface area contributed by atoms with Gasteiger partial charge in [0, 0.05) is 7.05 Å². The summed E-state index contributed by atoms with van der Waals surface area (Å²) in [6, 6.07) is 4.86. The number of hydrogen-bond acceptors (Lipinski definition) is 2. The third-order valence-electron chi connectivity index (χ3n) is 2.29. The molecule has 90 valence electrons. The summed E-state index contributed by atoms with van der Waals surface area (Å²) < 4.78 is 40.0. The molecular weight excluding hydrogens is 235 g/mol. The van der Waals surface area contributed by atoms with Crippen LogP contribution in [0, 0.1) is 0 Å². The van der Waals surface area contributed by atoms with Crippen LogP contribution in [0.1, 0.15) is 5.56 Å². The Balaban J connectivity index is 2.69. The summed E-state index contributed by atoms with van der Waals surface area (Å²) in [5, 5.41) is 3.62. The minimum Gasteiger partial charge on any atom is -0.249 e. The molecule has 1 aromatic heterocycles. The molecule has 2 rings (SSSR count). The van der Waals surface area contributed by atoms with Crippen molar-refractivity contribution in [3.05, 3.63) is 46.6 Å². The predicted molar refractivity (Wildman–Crippen MR) is 53.8 cm³/mol. The van der Waals surface area contributed by atoms with Crippen LogP contribution in [0.4, 0.5) is 13.2 Å². The molecule has 7 heteroatoms. The van der Waals surface area contributed by atoms with E-state index in [9.17, 15) is 18.0 Å². The van der Waals surface area contributed by atoms with Crippen molar-refractivity contribution in [2.24, 2.45) is 7.05 Å². The fraction of sp³-hybridized carbons (Fsp3) is 0.200. The molecule has 1 heterocycles. The number of para-hydroxylation sites is 1. The molecule has 0 saturated carbocycles. The van der Waals surface area contributed by atoms with Gasteiger partial charge in [0.15, 0.2) is 0 Å². The van der Waals surface area contributed by atoms with Gasteiger partial charge >= 0.3 is 11.9 Å². The van der Waals surface area contributed by atoms with Crippen LogP contribution < -0.4 is 5.69 Å². The number of nitrogens with zero attached hydrogens (tertiary/aromatic N) is 3. The Labute approximate surface area is 93.9 Å². The summed E-state index contributed by atoms with van der Waals surface area (Å²) in [6.07, 6.45) is -3.45. The second-order valence-electron chi connectivity index (χ2n) is 3.42. The lowest BCUT2D eigenvalue weighted by atomic mass is 10.1. The molecule has 0 N–H and O–H groups in total. The lowest BCUT2D eigenvalue weighted by Crippen LogP contribution is -2.23. The normalized spacial score (nSPS) is 11.8. The maximum absolute atomic E-state index is 12.7. The van der Waals surface area contributed by atoms with E-state index in [1.807, 2.05) is 0 Å². The highest BCUT2D eigenvalue weighted by molar-refractivity contribution is 5.42. The molecule has 0 fully saturated rings. The van der Waals surface area contributed by atoms with Crippen molar-refractivity contribution in [2.75, 3.05) is 0 Å². The van der Waals surface area contributed by atoms with E-state index in [-0.39, 0.29) is 5.69 Å². The van der Waals surface area contributed by atoms with E-state index in [1.54, 1.807) is 0 Å². The maximum Gasteiger partial charge on any atom is 0.418 e. The molecule has 0 saturated heterocycles. The third kappa shape index (κ3) is 1.95. The van der Waals surface area contributed by atoms with Crippen molar-refractivity contribution >= 4 is 0 Å². The molecule has 0 amide bonds. The van der Waals surface area contributed by atoms with Gasteiger partial charge < -0.3 is 0 Å². The highest BCUT2D eigenvalue weighted by Crippen LogP contribution is 2.32. The minimum atomic E-state index is -4.51. The standard InChI is InChI=1S/C10H8F3N3O/c1-15-9(17)16(6-14-15)8-5-3-2-4-7(8)10(11,12)13/h2-6H,1H3. The van der Waals surface area contributed by atoms with Gasteiger partial charge in [0.05, 0.1) is 11.3 Å². The summed E-state index contributed by atoms with van der Waals surface area (Å²) in [7, 11) is 1.37. The van der Waals surface area contributed by atoms with Gasteiger partial charge in [-0.15, -0.1) is 0 Å². The fourth-order valence-electron chi connectivity index (χ4n) is 1.47. The first kappa shape index (κ1) is 11.4. The molecule has 0 aliphatic rings. The van der Waals surface area contributed by atoms with Gasteiger partial charge in [-0.2, -0.15) is 18.3 Å². The highest BCUT2D eigenvalue weighted by atomic mass is 19.4. The van der Waals surface area contributed by atoms with Gasteiger partial charge in [0.25, 0.3) is 0 Å². The molecule has 0 radical (unpaired) electrons. The largest absolute Gasteiger partial charge is 0.418 e. The second-order valence-corrected chi connectivity index (χ2v) is 3.42. The Kier molecular flexibility index (Phi) is 2.53. The lowest BCUT2D eigenvalue weighted by molar-refractivity contribution is -0.137. The zero-order valence-electron chi connectivity index (χ0n) is 8.77. The Morgan fingerprint density at radius 1 is 1.24 bits per heavy atom. The first-order chi connectivity index (χ1) is 7.91.